The number of methoxy groups -OCH3 is 1. The third-order valence-corrected chi connectivity index (χ3v) is 6.75. The first-order valence-corrected chi connectivity index (χ1v) is 11.5. The average molecular weight is 475 g/mol. The fourth-order valence-electron chi connectivity index (χ4n) is 4.81. The zero-order valence-corrected chi connectivity index (χ0v) is 20.1. The maximum Gasteiger partial charge on any atom is 0.326 e. The highest BCUT2D eigenvalue weighted by atomic mass is 16.5. The van der Waals surface area contributed by atoms with Crippen LogP contribution < -0.4 is 10.5 Å². The van der Waals surface area contributed by atoms with Gasteiger partial charge in [-0.3, -0.25) is 4.79 Å². The van der Waals surface area contributed by atoms with Crippen molar-refractivity contribution >= 4 is 11.9 Å². The summed E-state index contributed by atoms with van der Waals surface area (Å²) >= 11 is 0. The minimum atomic E-state index is -1.05. The third-order valence-electron chi connectivity index (χ3n) is 6.75. The van der Waals surface area contributed by atoms with E-state index in [0.29, 0.717) is 0 Å². The van der Waals surface area contributed by atoms with Crippen molar-refractivity contribution in [3.63, 3.8) is 0 Å². The molecule has 3 aromatic rings. The number of nitrogens with two attached hydrogens (primary N) is 1. The predicted octanol–water partition coefficient (Wildman–Crippen LogP) is 3.59. The van der Waals surface area contributed by atoms with Gasteiger partial charge in [0.2, 0.25) is 5.91 Å². The topological polar surface area (TPSA) is 113 Å². The van der Waals surface area contributed by atoms with E-state index in [2.05, 4.69) is 0 Å². The minimum absolute atomic E-state index is 0.162. The molecule has 0 spiro atoms. The van der Waals surface area contributed by atoms with Gasteiger partial charge in [-0.1, -0.05) is 24.3 Å². The molecule has 0 radical (unpaired) electrons. The number of carboxylic acid groups (broad SMARTS) is 1. The van der Waals surface area contributed by atoms with E-state index in [0.717, 1.165) is 44.7 Å². The van der Waals surface area contributed by atoms with Crippen molar-refractivity contribution in [2.75, 3.05) is 7.11 Å². The second-order valence-electron chi connectivity index (χ2n) is 9.11. The number of rotatable bonds is 6. The number of fused-ring (bicyclic) bond motifs is 1. The number of aliphatic carboxylic acids is 1. The van der Waals surface area contributed by atoms with E-state index in [9.17, 15) is 19.8 Å². The van der Waals surface area contributed by atoms with Crippen LogP contribution in [0.15, 0.2) is 54.6 Å². The van der Waals surface area contributed by atoms with Gasteiger partial charge in [0.25, 0.3) is 0 Å². The second kappa shape index (κ2) is 9.80. The van der Waals surface area contributed by atoms with Crippen molar-refractivity contribution in [1.82, 2.24) is 4.90 Å². The zero-order valence-electron chi connectivity index (χ0n) is 20.1. The number of nitrogens with zero attached hydrogens (tertiary/aromatic N) is 1. The van der Waals surface area contributed by atoms with Crippen LogP contribution in [0.5, 0.6) is 11.5 Å². The fourth-order valence-corrected chi connectivity index (χ4v) is 4.81. The molecule has 0 saturated heterocycles. The van der Waals surface area contributed by atoms with Gasteiger partial charge in [-0.2, -0.15) is 0 Å². The maximum absolute atomic E-state index is 13.4. The van der Waals surface area contributed by atoms with Gasteiger partial charge in [0, 0.05) is 13.0 Å². The zero-order chi connectivity index (χ0) is 25.3. The molecule has 35 heavy (non-hydrogen) atoms. The normalized spacial score (nSPS) is 15.9. The molecule has 3 aromatic carbocycles. The molecular formula is C28H30N2O5. The SMILES string of the molecule is COc1ccc(-c2ccc3c(c2)CN(C(=O)[C@@H](N)Cc2c(C)cc(O)cc2C)[C@H](C(=O)O)C3)cc1. The van der Waals surface area contributed by atoms with Crippen LogP contribution in [-0.4, -0.2) is 46.2 Å². The van der Waals surface area contributed by atoms with Crippen molar-refractivity contribution < 1.29 is 24.5 Å². The van der Waals surface area contributed by atoms with Crippen molar-refractivity contribution in [3.05, 3.63) is 82.4 Å². The quantitative estimate of drug-likeness (QED) is 0.503. The van der Waals surface area contributed by atoms with Crippen molar-refractivity contribution in [2.24, 2.45) is 5.73 Å². The van der Waals surface area contributed by atoms with Crippen LogP contribution in [0.2, 0.25) is 0 Å². The summed E-state index contributed by atoms with van der Waals surface area (Å²) in [6, 6.07) is 15.0. The first-order valence-electron chi connectivity index (χ1n) is 11.5. The Morgan fingerprint density at radius 3 is 2.26 bits per heavy atom. The van der Waals surface area contributed by atoms with Crippen LogP contribution in [0.1, 0.15) is 27.8 Å². The van der Waals surface area contributed by atoms with E-state index >= 15 is 0 Å². The molecule has 1 aliphatic rings. The van der Waals surface area contributed by atoms with Crippen molar-refractivity contribution in [1.29, 1.82) is 0 Å². The van der Waals surface area contributed by atoms with Crippen LogP contribution in [0, 0.1) is 13.8 Å². The lowest BCUT2D eigenvalue weighted by atomic mass is 9.89. The van der Waals surface area contributed by atoms with Gasteiger partial charge in [0.15, 0.2) is 0 Å². The highest BCUT2D eigenvalue weighted by molar-refractivity contribution is 5.88. The van der Waals surface area contributed by atoms with Gasteiger partial charge >= 0.3 is 5.97 Å². The minimum Gasteiger partial charge on any atom is -0.508 e. The molecule has 4 N–H and O–H groups in total. The van der Waals surface area contributed by atoms with E-state index in [4.69, 9.17) is 10.5 Å². The molecule has 0 aromatic heterocycles. The van der Waals surface area contributed by atoms with Gasteiger partial charge in [-0.15, -0.1) is 0 Å². The maximum atomic E-state index is 13.4. The largest absolute Gasteiger partial charge is 0.508 e. The molecule has 4 rings (SSSR count). The number of amides is 1. The molecule has 0 aliphatic carbocycles. The number of phenols is 1. The highest BCUT2D eigenvalue weighted by Crippen LogP contribution is 2.30. The Balaban J connectivity index is 1.60. The van der Waals surface area contributed by atoms with Crippen molar-refractivity contribution in [2.45, 2.75) is 45.3 Å². The molecule has 0 saturated carbocycles. The first kappa shape index (κ1) is 24.3. The summed E-state index contributed by atoms with van der Waals surface area (Å²) in [5.74, 6) is -0.520. The number of aryl methyl sites for hydroxylation is 2. The Hall–Kier alpha value is -3.84. The molecule has 0 bridgehead atoms. The number of carbonyl (C=O) groups is 2. The Morgan fingerprint density at radius 2 is 1.66 bits per heavy atom. The number of hydrogen-bond donors (Lipinski definition) is 3. The summed E-state index contributed by atoms with van der Waals surface area (Å²) in [7, 11) is 1.62. The number of carboxylic acids is 1. The molecule has 1 heterocycles. The summed E-state index contributed by atoms with van der Waals surface area (Å²) in [6.45, 7) is 3.89. The van der Waals surface area contributed by atoms with Crippen LogP contribution in [0.3, 0.4) is 0 Å². The molecular weight excluding hydrogens is 444 g/mol. The number of carbonyl (C=O) groups excluding carboxylic acids is 1. The summed E-state index contributed by atoms with van der Waals surface area (Å²) in [6.07, 6.45) is 0.488. The van der Waals surface area contributed by atoms with E-state index < -0.39 is 24.0 Å². The van der Waals surface area contributed by atoms with Gasteiger partial charge in [0.1, 0.15) is 17.5 Å². The molecule has 0 unspecified atom stereocenters. The van der Waals surface area contributed by atoms with Gasteiger partial charge < -0.3 is 25.6 Å². The lowest BCUT2D eigenvalue weighted by Crippen LogP contribution is -2.54. The van der Waals surface area contributed by atoms with Crippen LogP contribution in [0.4, 0.5) is 0 Å². The molecule has 182 valence electrons. The summed E-state index contributed by atoms with van der Waals surface area (Å²) < 4.78 is 5.23. The van der Waals surface area contributed by atoms with Gasteiger partial charge in [-0.25, -0.2) is 4.79 Å². The smallest absolute Gasteiger partial charge is 0.326 e. The molecule has 7 nitrogen and oxygen atoms in total. The Labute approximate surface area is 204 Å². The average Bonchev–Trinajstić information content (AvgIpc) is 2.84. The molecule has 7 heteroatoms. The summed E-state index contributed by atoms with van der Waals surface area (Å²) in [4.78, 5) is 26.9. The van der Waals surface area contributed by atoms with Crippen LogP contribution in [0.25, 0.3) is 11.1 Å². The Bertz CT molecular complexity index is 1250. The van der Waals surface area contributed by atoms with Crippen LogP contribution in [-0.2, 0) is 29.0 Å². The van der Waals surface area contributed by atoms with Crippen LogP contribution >= 0.6 is 0 Å². The van der Waals surface area contributed by atoms with Gasteiger partial charge in [-0.05, 0) is 89.5 Å². The van der Waals surface area contributed by atoms with E-state index in [1.165, 1.54) is 4.90 Å². The fraction of sp³-hybridized carbons (Fsp3) is 0.286. The van der Waals surface area contributed by atoms with Crippen molar-refractivity contribution in [3.8, 4) is 22.6 Å². The number of hydrogen-bond acceptors (Lipinski definition) is 5. The highest BCUT2D eigenvalue weighted by Gasteiger charge is 2.36. The number of ether oxygens (including phenoxy) is 1. The molecule has 1 amide bonds. The number of phenolic OH excluding ortho intramolecular Hbond substituents is 1. The molecule has 0 fully saturated rings. The monoisotopic (exact) mass is 474 g/mol. The molecule has 2 atom stereocenters. The lowest BCUT2D eigenvalue weighted by molar-refractivity contribution is -0.152. The molecule has 1 aliphatic heterocycles. The summed E-state index contributed by atoms with van der Waals surface area (Å²) in [5.41, 5.74) is 12.7. The third kappa shape index (κ3) is 5.00. The van der Waals surface area contributed by atoms with E-state index in [1.807, 2.05) is 56.3 Å². The second-order valence-corrected chi connectivity index (χ2v) is 9.11. The predicted molar refractivity (Wildman–Crippen MR) is 133 cm³/mol. The Kier molecular flexibility index (Phi) is 6.80. The number of aromatic hydroxyl groups is 1. The number of benzene rings is 3. The van der Waals surface area contributed by atoms with Gasteiger partial charge in [0.05, 0.1) is 13.2 Å². The Morgan fingerprint density at radius 1 is 1.03 bits per heavy atom. The summed E-state index contributed by atoms with van der Waals surface area (Å²) in [5, 5.41) is 19.7. The standard InChI is InChI=1S/C28H30N2O5/c1-16-10-22(31)11-17(2)24(16)14-25(29)27(32)30-15-21-12-19(18-6-8-23(35-3)9-7-18)4-5-20(21)13-26(30)28(33)34/h4-12,25-26,31H,13-15,29H2,1-3H3,(H,33,34)/t25-,26-/m0/s1. The first-order chi connectivity index (χ1) is 16.7. The lowest BCUT2D eigenvalue weighted by Gasteiger charge is -2.36. The van der Waals surface area contributed by atoms with E-state index in [1.54, 1.807) is 19.2 Å². The van der Waals surface area contributed by atoms with E-state index in [-0.39, 0.29) is 25.1 Å².